The average Bonchev–Trinajstić information content (AvgIpc) is 3.19. The number of amides is 2. The summed E-state index contributed by atoms with van der Waals surface area (Å²) in [5, 5.41) is 15.0. The first kappa shape index (κ1) is 27.3. The predicted octanol–water partition coefficient (Wildman–Crippen LogP) is 5.10. The number of anilines is 1. The number of nitriles is 1. The van der Waals surface area contributed by atoms with Gasteiger partial charge in [-0.25, -0.2) is 9.37 Å². The van der Waals surface area contributed by atoms with Crippen molar-refractivity contribution >= 4 is 28.4 Å². The van der Waals surface area contributed by atoms with Crippen LogP contribution in [0, 0.1) is 24.1 Å². The molecule has 0 fully saturated rings. The number of nitrogens with one attached hydrogen (secondary N) is 1. The van der Waals surface area contributed by atoms with Crippen LogP contribution in [0.25, 0.3) is 10.9 Å². The zero-order valence-corrected chi connectivity index (χ0v) is 21.0. The SMILES string of the molecule is Cc1c(NC(=O)c2cc(C(N)=O)c3c(F)cccc3n2)c(C(F)(F)F)nn1Cc1ccc(C(C)(C)C#N)cc1. The van der Waals surface area contributed by atoms with Gasteiger partial charge in [0.2, 0.25) is 5.91 Å². The minimum absolute atomic E-state index is 0.0130. The van der Waals surface area contributed by atoms with E-state index in [-0.39, 0.29) is 28.7 Å². The van der Waals surface area contributed by atoms with E-state index in [9.17, 15) is 32.4 Å². The maximum atomic E-state index is 14.3. The van der Waals surface area contributed by atoms with E-state index in [1.807, 2.05) is 0 Å². The zero-order valence-electron chi connectivity index (χ0n) is 21.0. The van der Waals surface area contributed by atoms with Crippen LogP contribution in [0.5, 0.6) is 0 Å². The number of alkyl halides is 3. The molecule has 3 N–H and O–H groups in total. The minimum Gasteiger partial charge on any atom is -0.366 e. The number of halogens is 4. The highest BCUT2D eigenvalue weighted by molar-refractivity contribution is 6.10. The molecule has 2 aromatic heterocycles. The first-order valence-electron chi connectivity index (χ1n) is 11.6. The Labute approximate surface area is 220 Å². The fourth-order valence-electron chi connectivity index (χ4n) is 4.04. The lowest BCUT2D eigenvalue weighted by Gasteiger charge is -2.16. The van der Waals surface area contributed by atoms with Crippen LogP contribution in [-0.2, 0) is 18.1 Å². The largest absolute Gasteiger partial charge is 0.437 e. The Hall–Kier alpha value is -4.79. The van der Waals surface area contributed by atoms with Crippen LogP contribution in [0.4, 0.5) is 23.2 Å². The Bertz CT molecular complexity index is 1650. The highest BCUT2D eigenvalue weighted by Crippen LogP contribution is 2.36. The summed E-state index contributed by atoms with van der Waals surface area (Å²) in [5.41, 5.74) is 3.24. The number of benzene rings is 2. The maximum absolute atomic E-state index is 14.3. The van der Waals surface area contributed by atoms with E-state index in [4.69, 9.17) is 5.73 Å². The molecule has 0 aliphatic heterocycles. The topological polar surface area (TPSA) is 127 Å². The number of aromatic nitrogens is 3. The molecule has 4 aromatic rings. The minimum atomic E-state index is -4.91. The van der Waals surface area contributed by atoms with Crippen molar-refractivity contribution in [1.29, 1.82) is 5.26 Å². The van der Waals surface area contributed by atoms with Crippen LogP contribution in [0.3, 0.4) is 0 Å². The molecule has 2 aromatic carbocycles. The van der Waals surface area contributed by atoms with Crippen LogP contribution >= 0.6 is 0 Å². The molecule has 0 atom stereocenters. The fourth-order valence-corrected chi connectivity index (χ4v) is 4.04. The summed E-state index contributed by atoms with van der Waals surface area (Å²) in [6, 6.07) is 13.7. The van der Waals surface area contributed by atoms with Gasteiger partial charge in [-0.1, -0.05) is 30.3 Å². The number of nitrogens with two attached hydrogens (primary N) is 1. The Balaban J connectivity index is 1.71. The zero-order chi connectivity index (χ0) is 28.7. The van der Waals surface area contributed by atoms with Crippen molar-refractivity contribution in [3.05, 3.63) is 88.1 Å². The summed E-state index contributed by atoms with van der Waals surface area (Å²) in [5.74, 6) is -2.90. The summed E-state index contributed by atoms with van der Waals surface area (Å²) in [6.45, 7) is 4.81. The Morgan fingerprint density at radius 3 is 2.38 bits per heavy atom. The molecule has 39 heavy (non-hydrogen) atoms. The summed E-state index contributed by atoms with van der Waals surface area (Å²) in [7, 11) is 0. The standard InChI is InChI=1S/C27H22F4N6O2/c1-14-22(35-25(39)20-11-17(24(33)38)21-18(28)5-4-6-19(21)34-20)23(27(29,30)31)36-37(14)12-15-7-9-16(10-8-15)26(2,3)13-32/h4-11H,12H2,1-3H3,(H2,33,38)(H,35,39). The smallest absolute Gasteiger partial charge is 0.366 e. The lowest BCUT2D eigenvalue weighted by Crippen LogP contribution is -2.20. The highest BCUT2D eigenvalue weighted by Gasteiger charge is 2.39. The maximum Gasteiger partial charge on any atom is 0.437 e. The third-order valence-electron chi connectivity index (χ3n) is 6.28. The van der Waals surface area contributed by atoms with E-state index in [0.29, 0.717) is 5.56 Å². The van der Waals surface area contributed by atoms with Crippen molar-refractivity contribution in [2.24, 2.45) is 5.73 Å². The summed E-state index contributed by atoms with van der Waals surface area (Å²) < 4.78 is 57.1. The van der Waals surface area contributed by atoms with Crippen molar-refractivity contribution in [2.75, 3.05) is 5.32 Å². The average molecular weight is 539 g/mol. The van der Waals surface area contributed by atoms with Gasteiger partial charge in [-0.15, -0.1) is 0 Å². The number of pyridine rings is 1. The molecule has 0 radical (unpaired) electrons. The Morgan fingerprint density at radius 1 is 1.13 bits per heavy atom. The number of fused-ring (bicyclic) bond motifs is 1. The number of hydrogen-bond acceptors (Lipinski definition) is 5. The predicted molar refractivity (Wildman–Crippen MR) is 134 cm³/mol. The molecule has 2 heterocycles. The molecule has 12 heteroatoms. The molecular formula is C27H22F4N6O2. The molecular weight excluding hydrogens is 516 g/mol. The van der Waals surface area contributed by atoms with Gasteiger partial charge in [0.05, 0.1) is 40.5 Å². The molecule has 8 nitrogen and oxygen atoms in total. The van der Waals surface area contributed by atoms with Crippen molar-refractivity contribution in [3.63, 3.8) is 0 Å². The molecule has 200 valence electrons. The molecule has 0 spiro atoms. The summed E-state index contributed by atoms with van der Waals surface area (Å²) >= 11 is 0. The lowest BCUT2D eigenvalue weighted by atomic mass is 9.86. The van der Waals surface area contributed by atoms with Gasteiger partial charge in [-0.05, 0) is 50.1 Å². The van der Waals surface area contributed by atoms with Gasteiger partial charge >= 0.3 is 6.18 Å². The highest BCUT2D eigenvalue weighted by atomic mass is 19.4. The quantitative estimate of drug-likeness (QED) is 0.331. The molecule has 0 aliphatic carbocycles. The second-order valence-corrected chi connectivity index (χ2v) is 9.41. The molecule has 4 rings (SSSR count). The van der Waals surface area contributed by atoms with Crippen molar-refractivity contribution in [2.45, 2.75) is 38.9 Å². The van der Waals surface area contributed by atoms with Gasteiger partial charge in [0, 0.05) is 5.39 Å². The molecule has 0 unspecified atom stereocenters. The van der Waals surface area contributed by atoms with Crippen molar-refractivity contribution in [3.8, 4) is 6.07 Å². The monoisotopic (exact) mass is 538 g/mol. The van der Waals surface area contributed by atoms with E-state index >= 15 is 0 Å². The third-order valence-corrected chi connectivity index (χ3v) is 6.28. The van der Waals surface area contributed by atoms with Crippen LogP contribution in [0.2, 0.25) is 0 Å². The summed E-state index contributed by atoms with van der Waals surface area (Å²) in [4.78, 5) is 29.0. The number of primary amides is 1. The normalized spacial score (nSPS) is 11.8. The van der Waals surface area contributed by atoms with E-state index < -0.39 is 46.3 Å². The number of rotatable bonds is 6. The van der Waals surface area contributed by atoms with Crippen LogP contribution in [-0.4, -0.2) is 26.6 Å². The van der Waals surface area contributed by atoms with Gasteiger partial charge < -0.3 is 11.1 Å². The number of carbonyl (C=O) groups excluding carboxylic acids is 2. The van der Waals surface area contributed by atoms with Gasteiger partial charge in [0.15, 0.2) is 5.69 Å². The van der Waals surface area contributed by atoms with Gasteiger partial charge in [0.1, 0.15) is 11.5 Å². The van der Waals surface area contributed by atoms with Gasteiger partial charge in [0.25, 0.3) is 5.91 Å². The Kier molecular flexibility index (Phi) is 6.87. The van der Waals surface area contributed by atoms with Gasteiger partial charge in [-0.3, -0.25) is 14.3 Å². The van der Waals surface area contributed by atoms with Crippen molar-refractivity contribution < 1.29 is 27.2 Å². The van der Waals surface area contributed by atoms with E-state index in [0.717, 1.165) is 22.4 Å². The molecule has 0 saturated heterocycles. The molecule has 0 bridgehead atoms. The first-order valence-corrected chi connectivity index (χ1v) is 11.6. The van der Waals surface area contributed by atoms with Crippen molar-refractivity contribution in [1.82, 2.24) is 14.8 Å². The van der Waals surface area contributed by atoms with Crippen LogP contribution in [0.1, 0.15) is 57.2 Å². The van der Waals surface area contributed by atoms with E-state index in [2.05, 4.69) is 21.5 Å². The van der Waals surface area contributed by atoms with E-state index in [1.54, 1.807) is 38.1 Å². The molecule has 0 saturated carbocycles. The fraction of sp³-hybridized carbons (Fsp3) is 0.222. The second kappa shape index (κ2) is 9.83. The van der Waals surface area contributed by atoms with Crippen LogP contribution < -0.4 is 11.1 Å². The number of nitrogens with zero attached hydrogens (tertiary/aromatic N) is 4. The van der Waals surface area contributed by atoms with Gasteiger partial charge in [-0.2, -0.15) is 23.5 Å². The van der Waals surface area contributed by atoms with E-state index in [1.165, 1.54) is 19.1 Å². The Morgan fingerprint density at radius 2 is 1.79 bits per heavy atom. The summed E-state index contributed by atoms with van der Waals surface area (Å²) in [6.07, 6.45) is -4.91. The van der Waals surface area contributed by atoms with Crippen LogP contribution in [0.15, 0.2) is 48.5 Å². The molecule has 2 amide bonds. The first-order chi connectivity index (χ1) is 18.2. The number of hydrogen-bond donors (Lipinski definition) is 2. The second-order valence-electron chi connectivity index (χ2n) is 9.41. The number of carbonyl (C=O) groups is 2. The molecule has 0 aliphatic rings. The lowest BCUT2D eigenvalue weighted by molar-refractivity contribution is -0.140. The third kappa shape index (κ3) is 5.29.